The molecule has 6 heteroatoms. The molecule has 1 heterocycles. The van der Waals surface area contributed by atoms with Crippen molar-refractivity contribution < 1.29 is 0 Å². The van der Waals surface area contributed by atoms with Gasteiger partial charge in [0.2, 0.25) is 5.82 Å². The maximum Gasteiger partial charge on any atom is 0.216 e. The van der Waals surface area contributed by atoms with Gasteiger partial charge in [-0.1, -0.05) is 36.4 Å². The zero-order valence-corrected chi connectivity index (χ0v) is 12.5. The molecule has 0 aliphatic carbocycles. The van der Waals surface area contributed by atoms with Crippen molar-refractivity contribution in [2.24, 2.45) is 0 Å². The number of hydrogen-bond donors (Lipinski definition) is 2. The second kappa shape index (κ2) is 6.54. The summed E-state index contributed by atoms with van der Waals surface area (Å²) in [5, 5.41) is 25.7. The Morgan fingerprint density at radius 3 is 2.83 bits per heavy atom. The largest absolute Gasteiger partial charge is 0.360 e. The molecule has 3 aromatic rings. The number of aromatic amines is 1. The van der Waals surface area contributed by atoms with Gasteiger partial charge in [-0.25, -0.2) is 0 Å². The number of benzene rings is 2. The van der Waals surface area contributed by atoms with E-state index in [2.05, 4.69) is 51.1 Å². The molecular formula is C17H14N6. The number of allylic oxidation sites excluding steroid dienone is 1. The molecule has 1 aromatic heterocycles. The summed E-state index contributed by atoms with van der Waals surface area (Å²) in [7, 11) is 0. The Kier molecular flexibility index (Phi) is 4.11. The first-order chi connectivity index (χ1) is 11.3. The first kappa shape index (κ1) is 14.5. The van der Waals surface area contributed by atoms with E-state index in [1.54, 1.807) is 6.20 Å². The van der Waals surface area contributed by atoms with Crippen LogP contribution in [0, 0.1) is 18.3 Å². The minimum absolute atomic E-state index is 0.259. The Hall–Kier alpha value is -3.46. The van der Waals surface area contributed by atoms with Crippen LogP contribution in [0.15, 0.2) is 54.7 Å². The zero-order valence-electron chi connectivity index (χ0n) is 12.5. The molecular weight excluding hydrogens is 288 g/mol. The molecule has 0 bridgehead atoms. The van der Waals surface area contributed by atoms with Gasteiger partial charge >= 0.3 is 0 Å². The Morgan fingerprint density at radius 1 is 1.22 bits per heavy atom. The highest BCUT2D eigenvalue weighted by molar-refractivity contribution is 5.75. The molecule has 3 rings (SSSR count). The molecule has 0 radical (unpaired) electrons. The molecule has 0 amide bonds. The van der Waals surface area contributed by atoms with Crippen LogP contribution in [0.4, 0.5) is 5.69 Å². The molecule has 23 heavy (non-hydrogen) atoms. The fourth-order valence-electron chi connectivity index (χ4n) is 2.25. The van der Waals surface area contributed by atoms with E-state index < -0.39 is 0 Å². The number of hydrogen-bond acceptors (Lipinski definition) is 5. The van der Waals surface area contributed by atoms with E-state index in [1.165, 1.54) is 11.1 Å². The summed E-state index contributed by atoms with van der Waals surface area (Å²) < 4.78 is 0. The van der Waals surface area contributed by atoms with Gasteiger partial charge in [-0.15, -0.1) is 10.2 Å². The van der Waals surface area contributed by atoms with Crippen molar-refractivity contribution in [2.75, 3.05) is 5.32 Å². The van der Waals surface area contributed by atoms with Gasteiger partial charge in [-0.05, 0) is 41.0 Å². The summed E-state index contributed by atoms with van der Waals surface area (Å²) in [5.74, 6) is 0.259. The highest BCUT2D eigenvalue weighted by atomic mass is 15.5. The first-order valence-electron chi connectivity index (χ1n) is 7.04. The van der Waals surface area contributed by atoms with Gasteiger partial charge in [0.15, 0.2) is 0 Å². The molecule has 0 unspecified atom stereocenters. The lowest BCUT2D eigenvalue weighted by Crippen LogP contribution is -1.93. The SMILES string of the molecule is Cc1ccccc1-c1cccc(NC=C(C#N)c2nn[nH]n2)c1. The quantitative estimate of drug-likeness (QED) is 0.722. The van der Waals surface area contributed by atoms with Crippen LogP contribution in [0.25, 0.3) is 16.7 Å². The molecule has 0 aliphatic rings. The minimum atomic E-state index is 0.259. The molecule has 0 fully saturated rings. The maximum absolute atomic E-state index is 9.16. The number of nitrogens with zero attached hydrogens (tertiary/aromatic N) is 4. The van der Waals surface area contributed by atoms with E-state index in [9.17, 15) is 0 Å². The summed E-state index contributed by atoms with van der Waals surface area (Å²) >= 11 is 0. The molecule has 0 saturated heterocycles. The molecule has 6 nitrogen and oxygen atoms in total. The van der Waals surface area contributed by atoms with Crippen LogP contribution in [-0.4, -0.2) is 20.6 Å². The van der Waals surface area contributed by atoms with Gasteiger partial charge in [-0.3, -0.25) is 0 Å². The summed E-state index contributed by atoms with van der Waals surface area (Å²) in [6.07, 6.45) is 1.57. The van der Waals surface area contributed by atoms with Crippen molar-refractivity contribution in [2.45, 2.75) is 6.92 Å². The monoisotopic (exact) mass is 302 g/mol. The van der Waals surface area contributed by atoms with Crippen LogP contribution < -0.4 is 5.32 Å². The maximum atomic E-state index is 9.16. The average molecular weight is 302 g/mol. The first-order valence-corrected chi connectivity index (χ1v) is 7.04. The number of rotatable bonds is 4. The molecule has 112 valence electrons. The van der Waals surface area contributed by atoms with Gasteiger partial charge in [0, 0.05) is 11.9 Å². The number of tetrazole rings is 1. The number of aromatic nitrogens is 4. The molecule has 0 aliphatic heterocycles. The van der Waals surface area contributed by atoms with E-state index in [0.29, 0.717) is 5.57 Å². The third-order valence-corrected chi connectivity index (χ3v) is 3.41. The van der Waals surface area contributed by atoms with E-state index in [4.69, 9.17) is 5.26 Å². The second-order valence-corrected chi connectivity index (χ2v) is 4.95. The standard InChI is InChI=1S/C17H14N6/c1-12-5-2-3-8-16(12)13-6-4-7-15(9-13)19-11-14(10-18)17-20-22-23-21-17/h2-9,11,19H,1H3,(H,20,21,22,23). The van der Waals surface area contributed by atoms with Crippen molar-refractivity contribution in [1.29, 1.82) is 5.26 Å². The Morgan fingerprint density at radius 2 is 2.09 bits per heavy atom. The van der Waals surface area contributed by atoms with Crippen LogP contribution in [0.1, 0.15) is 11.4 Å². The number of nitriles is 1. The van der Waals surface area contributed by atoms with Crippen LogP contribution in [0.5, 0.6) is 0 Å². The normalized spacial score (nSPS) is 11.0. The van der Waals surface area contributed by atoms with Crippen LogP contribution in [0.2, 0.25) is 0 Å². The Balaban J connectivity index is 1.87. The fraction of sp³-hybridized carbons (Fsp3) is 0.0588. The number of H-pyrrole nitrogens is 1. The van der Waals surface area contributed by atoms with Gasteiger partial charge in [0.05, 0.1) is 0 Å². The van der Waals surface area contributed by atoms with Crippen LogP contribution in [-0.2, 0) is 0 Å². The molecule has 0 saturated carbocycles. The zero-order chi connectivity index (χ0) is 16.1. The van der Waals surface area contributed by atoms with Crippen molar-refractivity contribution in [1.82, 2.24) is 20.6 Å². The van der Waals surface area contributed by atoms with Gasteiger partial charge in [-0.2, -0.15) is 10.5 Å². The average Bonchev–Trinajstić information content (AvgIpc) is 3.11. The number of aryl methyl sites for hydroxylation is 1. The summed E-state index contributed by atoms with van der Waals surface area (Å²) in [6.45, 7) is 2.08. The minimum Gasteiger partial charge on any atom is -0.360 e. The third-order valence-electron chi connectivity index (χ3n) is 3.41. The van der Waals surface area contributed by atoms with Gasteiger partial charge < -0.3 is 5.32 Å². The van der Waals surface area contributed by atoms with Crippen LogP contribution >= 0.6 is 0 Å². The summed E-state index contributed by atoms with van der Waals surface area (Å²) in [5.41, 5.74) is 4.69. The van der Waals surface area contributed by atoms with Crippen molar-refractivity contribution in [3.63, 3.8) is 0 Å². The van der Waals surface area contributed by atoms with Crippen molar-refractivity contribution in [3.8, 4) is 17.2 Å². The predicted molar refractivity (Wildman–Crippen MR) is 88.0 cm³/mol. The van der Waals surface area contributed by atoms with E-state index >= 15 is 0 Å². The lowest BCUT2D eigenvalue weighted by Gasteiger charge is -2.08. The third kappa shape index (κ3) is 3.24. The number of nitrogens with one attached hydrogen (secondary N) is 2. The Labute approximate surface area is 133 Å². The smallest absolute Gasteiger partial charge is 0.216 e. The summed E-state index contributed by atoms with van der Waals surface area (Å²) in [4.78, 5) is 0. The molecule has 2 aromatic carbocycles. The van der Waals surface area contributed by atoms with E-state index in [0.717, 1.165) is 11.3 Å². The van der Waals surface area contributed by atoms with E-state index in [-0.39, 0.29) is 5.82 Å². The highest BCUT2D eigenvalue weighted by Gasteiger charge is 2.06. The molecule has 0 atom stereocenters. The Bertz CT molecular complexity index is 874. The predicted octanol–water partition coefficient (Wildman–Crippen LogP) is 3.15. The second-order valence-electron chi connectivity index (χ2n) is 4.95. The van der Waals surface area contributed by atoms with Crippen molar-refractivity contribution >= 4 is 11.3 Å². The lowest BCUT2D eigenvalue weighted by atomic mass is 10.0. The van der Waals surface area contributed by atoms with Gasteiger partial charge in [0.25, 0.3) is 0 Å². The molecule has 0 spiro atoms. The fourth-order valence-corrected chi connectivity index (χ4v) is 2.25. The number of anilines is 1. The van der Waals surface area contributed by atoms with Gasteiger partial charge in [0.1, 0.15) is 11.6 Å². The van der Waals surface area contributed by atoms with E-state index in [1.807, 2.05) is 36.4 Å². The summed E-state index contributed by atoms with van der Waals surface area (Å²) in [6, 6.07) is 18.2. The van der Waals surface area contributed by atoms with Crippen LogP contribution in [0.3, 0.4) is 0 Å². The topological polar surface area (TPSA) is 90.3 Å². The molecule has 2 N–H and O–H groups in total. The highest BCUT2D eigenvalue weighted by Crippen LogP contribution is 2.25. The van der Waals surface area contributed by atoms with Crippen molar-refractivity contribution in [3.05, 3.63) is 66.1 Å². The lowest BCUT2D eigenvalue weighted by molar-refractivity contribution is 0.881.